The van der Waals surface area contributed by atoms with Crippen LogP contribution in [-0.4, -0.2) is 16.0 Å². The van der Waals surface area contributed by atoms with Crippen molar-refractivity contribution in [1.82, 2.24) is 0 Å². The minimum absolute atomic E-state index is 0.0486. The highest BCUT2D eigenvalue weighted by atomic mass is 19.1. The summed E-state index contributed by atoms with van der Waals surface area (Å²) < 4.78 is 13.9. The van der Waals surface area contributed by atoms with Crippen LogP contribution in [0.4, 0.5) is 4.39 Å². The Morgan fingerprint density at radius 1 is 1.10 bits per heavy atom. The number of carbonyl (C=O) groups is 1. The Morgan fingerprint density at radius 3 is 2.38 bits per heavy atom. The second kappa shape index (κ2) is 4.74. The first-order valence-electron chi connectivity index (χ1n) is 6.55. The molecule has 0 amide bonds. The Hall–Kier alpha value is -2.62. The summed E-state index contributed by atoms with van der Waals surface area (Å²) in [5.74, 6) is -1.33. The average molecular weight is 284 g/mol. The van der Waals surface area contributed by atoms with Gasteiger partial charge < -0.3 is 10.2 Å². The fourth-order valence-corrected chi connectivity index (χ4v) is 2.68. The van der Waals surface area contributed by atoms with Gasteiger partial charge in [-0.25, -0.2) is 4.39 Å². The summed E-state index contributed by atoms with van der Waals surface area (Å²) in [7, 11) is 0. The SMILES string of the molecule is C[C@@H]1/C(=C\c2ccc(O)cc2)C(=O)c2c(O)ccc(F)c21. The third kappa shape index (κ3) is 2.09. The molecular weight excluding hydrogens is 271 g/mol. The fraction of sp³-hybridized carbons (Fsp3) is 0.118. The zero-order valence-electron chi connectivity index (χ0n) is 11.3. The Labute approximate surface area is 121 Å². The molecular formula is C17H13FO3. The number of halogens is 1. The smallest absolute Gasteiger partial charge is 0.193 e. The molecule has 0 fully saturated rings. The van der Waals surface area contributed by atoms with Gasteiger partial charge in [-0.2, -0.15) is 0 Å². The molecule has 0 bridgehead atoms. The first-order valence-corrected chi connectivity index (χ1v) is 6.55. The van der Waals surface area contributed by atoms with Crippen LogP contribution in [-0.2, 0) is 0 Å². The number of carbonyl (C=O) groups excluding carboxylic acids is 1. The Balaban J connectivity index is 2.12. The van der Waals surface area contributed by atoms with Gasteiger partial charge in [0.25, 0.3) is 0 Å². The lowest BCUT2D eigenvalue weighted by molar-refractivity contribution is 0.103. The van der Waals surface area contributed by atoms with E-state index >= 15 is 0 Å². The van der Waals surface area contributed by atoms with Crippen LogP contribution in [0.3, 0.4) is 0 Å². The second-order valence-corrected chi connectivity index (χ2v) is 5.10. The van der Waals surface area contributed by atoms with Crippen molar-refractivity contribution >= 4 is 11.9 Å². The van der Waals surface area contributed by atoms with E-state index in [9.17, 15) is 19.4 Å². The number of hydrogen-bond donors (Lipinski definition) is 2. The predicted molar refractivity (Wildman–Crippen MR) is 76.9 cm³/mol. The van der Waals surface area contributed by atoms with Gasteiger partial charge >= 0.3 is 0 Å². The van der Waals surface area contributed by atoms with Crippen molar-refractivity contribution in [3.8, 4) is 11.5 Å². The molecule has 0 heterocycles. The van der Waals surface area contributed by atoms with Crippen LogP contribution in [0.25, 0.3) is 6.08 Å². The van der Waals surface area contributed by atoms with Crippen LogP contribution in [0, 0.1) is 5.82 Å². The van der Waals surface area contributed by atoms with E-state index in [1.807, 2.05) is 0 Å². The van der Waals surface area contributed by atoms with Gasteiger partial charge in [0.15, 0.2) is 5.78 Å². The normalized spacial score (nSPS) is 19.0. The van der Waals surface area contributed by atoms with Gasteiger partial charge in [-0.1, -0.05) is 19.1 Å². The van der Waals surface area contributed by atoms with E-state index in [-0.39, 0.29) is 28.4 Å². The number of ketones is 1. The van der Waals surface area contributed by atoms with Crippen molar-refractivity contribution in [2.45, 2.75) is 12.8 Å². The molecule has 0 unspecified atom stereocenters. The van der Waals surface area contributed by atoms with Crippen LogP contribution in [0.1, 0.15) is 34.3 Å². The minimum Gasteiger partial charge on any atom is -0.508 e. The van der Waals surface area contributed by atoms with Crippen molar-refractivity contribution in [3.63, 3.8) is 0 Å². The van der Waals surface area contributed by atoms with Crippen molar-refractivity contribution in [3.05, 3.63) is 64.5 Å². The van der Waals surface area contributed by atoms with Gasteiger partial charge in [0.2, 0.25) is 0 Å². The van der Waals surface area contributed by atoms with Crippen molar-refractivity contribution < 1.29 is 19.4 Å². The Bertz CT molecular complexity index is 760. The maximum atomic E-state index is 13.9. The predicted octanol–water partition coefficient (Wildman–Crippen LogP) is 3.62. The number of phenols is 2. The van der Waals surface area contributed by atoms with Gasteiger partial charge in [-0.15, -0.1) is 0 Å². The number of aromatic hydroxyl groups is 2. The van der Waals surface area contributed by atoms with E-state index < -0.39 is 11.7 Å². The Kier molecular flexibility index (Phi) is 3.01. The van der Waals surface area contributed by atoms with Gasteiger partial charge in [0, 0.05) is 17.1 Å². The maximum Gasteiger partial charge on any atom is 0.193 e. The summed E-state index contributed by atoms with van der Waals surface area (Å²) in [6.07, 6.45) is 1.66. The highest BCUT2D eigenvalue weighted by Gasteiger charge is 2.36. The molecule has 0 radical (unpaired) electrons. The standard InChI is InChI=1S/C17H13FO3/c1-9-12(8-10-2-4-11(19)5-3-10)17(21)16-14(20)7-6-13(18)15(9)16/h2-9,19-20H,1H3/b12-8+/t9-/m1/s1. The fourth-order valence-electron chi connectivity index (χ4n) is 2.68. The quantitative estimate of drug-likeness (QED) is 0.786. The van der Waals surface area contributed by atoms with Crippen molar-refractivity contribution in [2.75, 3.05) is 0 Å². The summed E-state index contributed by atoms with van der Waals surface area (Å²) in [6, 6.07) is 8.73. The molecule has 0 aliphatic heterocycles. The van der Waals surface area contributed by atoms with E-state index in [1.165, 1.54) is 24.3 Å². The second-order valence-electron chi connectivity index (χ2n) is 5.10. The molecule has 2 aromatic rings. The first-order chi connectivity index (χ1) is 9.99. The van der Waals surface area contributed by atoms with Gasteiger partial charge in [-0.3, -0.25) is 4.79 Å². The highest BCUT2D eigenvalue weighted by Crippen LogP contribution is 2.43. The molecule has 4 heteroatoms. The van der Waals surface area contributed by atoms with Crippen LogP contribution in [0.15, 0.2) is 42.0 Å². The molecule has 2 N–H and O–H groups in total. The molecule has 1 atom stereocenters. The zero-order valence-corrected chi connectivity index (χ0v) is 11.3. The molecule has 0 saturated heterocycles. The van der Waals surface area contributed by atoms with Crippen molar-refractivity contribution in [1.29, 1.82) is 0 Å². The molecule has 3 rings (SSSR count). The topological polar surface area (TPSA) is 57.5 Å². The maximum absolute atomic E-state index is 13.9. The number of hydrogen-bond acceptors (Lipinski definition) is 3. The summed E-state index contributed by atoms with van der Waals surface area (Å²) >= 11 is 0. The average Bonchev–Trinajstić information content (AvgIpc) is 2.71. The van der Waals surface area contributed by atoms with Gasteiger partial charge in [0.05, 0.1) is 5.56 Å². The van der Waals surface area contributed by atoms with Crippen LogP contribution in [0.2, 0.25) is 0 Å². The monoisotopic (exact) mass is 284 g/mol. The zero-order chi connectivity index (χ0) is 15.1. The lowest BCUT2D eigenvalue weighted by atomic mass is 9.97. The molecule has 0 aromatic heterocycles. The van der Waals surface area contributed by atoms with Gasteiger partial charge in [-0.05, 0) is 35.9 Å². The third-order valence-electron chi connectivity index (χ3n) is 3.77. The van der Waals surface area contributed by atoms with Crippen LogP contribution >= 0.6 is 0 Å². The molecule has 3 nitrogen and oxygen atoms in total. The molecule has 1 aliphatic rings. The number of allylic oxidation sites excluding steroid dienone is 1. The largest absolute Gasteiger partial charge is 0.508 e. The van der Waals surface area contributed by atoms with Crippen LogP contribution in [0.5, 0.6) is 11.5 Å². The molecule has 106 valence electrons. The van der Waals surface area contributed by atoms with E-state index in [1.54, 1.807) is 25.1 Å². The van der Waals surface area contributed by atoms with E-state index in [2.05, 4.69) is 0 Å². The summed E-state index contributed by atoms with van der Waals surface area (Å²) in [6.45, 7) is 1.73. The summed E-state index contributed by atoms with van der Waals surface area (Å²) in [5.41, 5.74) is 1.45. The minimum atomic E-state index is -0.488. The number of rotatable bonds is 1. The first kappa shape index (κ1) is 13.4. The van der Waals surface area contributed by atoms with Crippen LogP contribution < -0.4 is 0 Å². The molecule has 2 aromatic carbocycles. The molecule has 0 spiro atoms. The lowest BCUT2D eigenvalue weighted by Crippen LogP contribution is -1.97. The van der Waals surface area contributed by atoms with E-state index in [0.717, 1.165) is 5.56 Å². The number of benzene rings is 2. The summed E-state index contributed by atoms with van der Waals surface area (Å²) in [4.78, 5) is 12.4. The number of fused-ring (bicyclic) bond motifs is 1. The highest BCUT2D eigenvalue weighted by molar-refractivity contribution is 6.18. The summed E-state index contributed by atoms with van der Waals surface area (Å²) in [5, 5.41) is 19.1. The van der Waals surface area contributed by atoms with Crippen molar-refractivity contribution in [2.24, 2.45) is 0 Å². The molecule has 0 saturated carbocycles. The van der Waals surface area contributed by atoms with Gasteiger partial charge in [0.1, 0.15) is 17.3 Å². The number of Topliss-reactive ketones (excluding diaryl/α,β-unsaturated/α-hetero) is 1. The third-order valence-corrected chi connectivity index (χ3v) is 3.77. The molecule has 1 aliphatic carbocycles. The van der Waals surface area contributed by atoms with E-state index in [4.69, 9.17) is 0 Å². The lowest BCUT2D eigenvalue weighted by Gasteiger charge is -2.07. The van der Waals surface area contributed by atoms with E-state index in [0.29, 0.717) is 5.57 Å². The molecule has 21 heavy (non-hydrogen) atoms. The Morgan fingerprint density at radius 2 is 1.76 bits per heavy atom. The number of phenolic OH excluding ortho intramolecular Hbond substituents is 2.